The van der Waals surface area contributed by atoms with Crippen molar-refractivity contribution in [3.63, 3.8) is 0 Å². The van der Waals surface area contributed by atoms with Crippen molar-refractivity contribution in [1.82, 2.24) is 30.7 Å². The van der Waals surface area contributed by atoms with Crippen molar-refractivity contribution in [1.29, 1.82) is 0 Å². The first-order chi connectivity index (χ1) is 25.2. The number of halogens is 2. The second-order valence-electron chi connectivity index (χ2n) is 14.3. The summed E-state index contributed by atoms with van der Waals surface area (Å²) in [4.78, 5) is 66.4. The Labute approximate surface area is 307 Å². The van der Waals surface area contributed by atoms with Gasteiger partial charge < -0.3 is 44.9 Å². The molecule has 3 N–H and O–H groups in total. The zero-order valence-corrected chi connectivity index (χ0v) is 30.7. The van der Waals surface area contributed by atoms with Crippen LogP contribution in [0.1, 0.15) is 56.9 Å². The van der Waals surface area contributed by atoms with E-state index >= 15 is 0 Å². The normalized spacial score (nSPS) is 21.6. The van der Waals surface area contributed by atoms with Crippen LogP contribution in [0.3, 0.4) is 0 Å². The highest BCUT2D eigenvalue weighted by Gasteiger charge is 2.43. The summed E-state index contributed by atoms with van der Waals surface area (Å²) in [7, 11) is 0. The minimum Gasteiger partial charge on any atom is -0.466 e. The molecule has 14 nitrogen and oxygen atoms in total. The number of benzene rings is 2. The fraction of sp³-hybridized carbons (Fsp3) is 0.541. The quantitative estimate of drug-likeness (QED) is 0.297. The summed E-state index contributed by atoms with van der Waals surface area (Å²) in [5, 5.41) is 8.78. The zero-order valence-electron chi connectivity index (χ0n) is 30.7. The van der Waals surface area contributed by atoms with Gasteiger partial charge in [0.25, 0.3) is 0 Å². The minimum atomic E-state index is -0.705. The minimum absolute atomic E-state index is 0.0908. The van der Waals surface area contributed by atoms with Crippen molar-refractivity contribution < 1.29 is 47.0 Å². The fourth-order valence-electron chi connectivity index (χ4n) is 6.79. The summed E-state index contributed by atoms with van der Waals surface area (Å²) in [5.74, 6) is -2.51. The van der Waals surface area contributed by atoms with Crippen LogP contribution in [0.15, 0.2) is 36.4 Å². The molecule has 0 radical (unpaired) electrons. The molecule has 53 heavy (non-hydrogen) atoms. The van der Waals surface area contributed by atoms with Crippen LogP contribution in [0.4, 0.5) is 23.2 Å². The summed E-state index contributed by atoms with van der Waals surface area (Å²) in [6.07, 6.45) is -0.552. The lowest BCUT2D eigenvalue weighted by Gasteiger charge is -2.24. The molecule has 4 aliphatic rings. The van der Waals surface area contributed by atoms with Crippen molar-refractivity contribution in [2.24, 2.45) is 11.8 Å². The SMILES string of the molecule is CCOC(=O)[C@H]1CN(C(=O)OC(C)(C)C)C[C@@H]1NC(=O)N1Cc2cccc(F)c2C1.CCOC(=O)[C@H]1CNC[C@@H]1NC(=O)N1Cc2cccc(F)c2C1. The number of hydrogen-bond acceptors (Lipinski definition) is 9. The average Bonchev–Trinajstić information content (AvgIpc) is 3.90. The van der Waals surface area contributed by atoms with Gasteiger partial charge in [-0.05, 0) is 57.9 Å². The first kappa shape index (κ1) is 39.2. The number of nitrogens with one attached hydrogen (secondary N) is 3. The third-order valence-corrected chi connectivity index (χ3v) is 9.41. The molecule has 4 heterocycles. The summed E-state index contributed by atoms with van der Waals surface area (Å²) in [6.45, 7) is 11.5. The molecule has 288 valence electrons. The molecular formula is C37H48F2N6O8. The van der Waals surface area contributed by atoms with Crippen LogP contribution in [-0.2, 0) is 50.0 Å². The Morgan fingerprint density at radius 3 is 1.72 bits per heavy atom. The molecule has 2 saturated heterocycles. The number of urea groups is 2. The number of amides is 5. The highest BCUT2D eigenvalue weighted by atomic mass is 19.1. The number of fused-ring (bicyclic) bond motifs is 2. The number of ether oxygens (including phenoxy) is 3. The molecule has 6 rings (SSSR count). The summed E-state index contributed by atoms with van der Waals surface area (Å²) < 4.78 is 43.3. The zero-order chi connectivity index (χ0) is 38.4. The predicted octanol–water partition coefficient (Wildman–Crippen LogP) is 3.65. The van der Waals surface area contributed by atoms with Gasteiger partial charge in [-0.1, -0.05) is 24.3 Å². The monoisotopic (exact) mass is 742 g/mol. The van der Waals surface area contributed by atoms with E-state index in [1.54, 1.807) is 57.7 Å². The molecule has 0 aromatic heterocycles. The summed E-state index contributed by atoms with van der Waals surface area (Å²) in [5.41, 5.74) is 1.97. The molecule has 16 heteroatoms. The second kappa shape index (κ2) is 16.8. The molecule has 0 unspecified atom stereocenters. The lowest BCUT2D eigenvalue weighted by atomic mass is 10.0. The molecule has 5 amide bonds. The highest BCUT2D eigenvalue weighted by molar-refractivity contribution is 5.81. The molecule has 4 aliphatic heterocycles. The smallest absolute Gasteiger partial charge is 0.410 e. The van der Waals surface area contributed by atoms with Gasteiger partial charge in [-0.15, -0.1) is 0 Å². The maximum absolute atomic E-state index is 14.0. The Morgan fingerprint density at radius 2 is 1.23 bits per heavy atom. The van der Waals surface area contributed by atoms with E-state index in [4.69, 9.17) is 14.2 Å². The Kier molecular flexibility index (Phi) is 12.4. The Bertz CT molecular complexity index is 1700. The van der Waals surface area contributed by atoms with E-state index in [2.05, 4.69) is 16.0 Å². The van der Waals surface area contributed by atoms with Gasteiger partial charge in [0.15, 0.2) is 0 Å². The molecule has 4 atom stereocenters. The van der Waals surface area contributed by atoms with Crippen molar-refractivity contribution in [3.8, 4) is 0 Å². The van der Waals surface area contributed by atoms with Crippen LogP contribution < -0.4 is 16.0 Å². The van der Waals surface area contributed by atoms with Gasteiger partial charge in [-0.2, -0.15) is 0 Å². The average molecular weight is 743 g/mol. The standard InChI is InChI=1S/C21H28FN3O5.C16H20FN3O3/c1-5-29-18(26)15-11-25(20(28)30-21(2,3)4)12-17(15)23-19(27)24-9-13-7-6-8-16(22)14(13)10-24;1-2-23-15(21)11-6-18-7-14(11)19-16(22)20-8-10-4-3-5-13(17)12(10)9-20/h6-8,15,17H,5,9-12H2,1-4H3,(H,23,27);3-5,11,14,18H,2,6-9H2,1H3,(H,19,22)/t15-,17-;11-,14-/m00/s1. The second-order valence-corrected chi connectivity index (χ2v) is 14.3. The number of nitrogens with zero attached hydrogens (tertiary/aromatic N) is 3. The van der Waals surface area contributed by atoms with E-state index in [1.165, 1.54) is 21.9 Å². The van der Waals surface area contributed by atoms with Crippen LogP contribution in [0.25, 0.3) is 0 Å². The predicted molar refractivity (Wildman–Crippen MR) is 187 cm³/mol. The first-order valence-electron chi connectivity index (χ1n) is 17.8. The Hall–Kier alpha value is -4.99. The summed E-state index contributed by atoms with van der Waals surface area (Å²) >= 11 is 0. The number of hydrogen-bond donors (Lipinski definition) is 3. The number of likely N-dealkylation sites (tertiary alicyclic amines) is 1. The number of rotatable bonds is 6. The van der Waals surface area contributed by atoms with Gasteiger partial charge in [0.2, 0.25) is 0 Å². The van der Waals surface area contributed by atoms with Crippen molar-refractivity contribution >= 4 is 30.1 Å². The molecule has 0 saturated carbocycles. The topological polar surface area (TPSA) is 159 Å². The maximum atomic E-state index is 14.0. The lowest BCUT2D eigenvalue weighted by molar-refractivity contribution is -0.148. The highest BCUT2D eigenvalue weighted by Crippen LogP contribution is 2.28. The van der Waals surface area contributed by atoms with Gasteiger partial charge in [0.05, 0.1) is 50.2 Å². The van der Waals surface area contributed by atoms with Gasteiger partial charge in [0, 0.05) is 50.4 Å². The molecule has 2 fully saturated rings. The molecule has 0 spiro atoms. The largest absolute Gasteiger partial charge is 0.466 e. The number of esters is 2. The van der Waals surface area contributed by atoms with Gasteiger partial charge >= 0.3 is 30.1 Å². The van der Waals surface area contributed by atoms with E-state index in [0.29, 0.717) is 37.4 Å². The van der Waals surface area contributed by atoms with Crippen molar-refractivity contribution in [2.75, 3.05) is 39.4 Å². The van der Waals surface area contributed by atoms with E-state index < -0.39 is 35.7 Å². The van der Waals surface area contributed by atoms with Crippen LogP contribution >= 0.6 is 0 Å². The third kappa shape index (κ3) is 9.52. The van der Waals surface area contributed by atoms with Crippen LogP contribution in [0, 0.1) is 23.5 Å². The van der Waals surface area contributed by atoms with E-state index in [0.717, 1.165) is 11.1 Å². The summed E-state index contributed by atoms with van der Waals surface area (Å²) in [6, 6.07) is 7.99. The first-order valence-corrected chi connectivity index (χ1v) is 17.8. The van der Waals surface area contributed by atoms with E-state index in [1.807, 2.05) is 6.07 Å². The van der Waals surface area contributed by atoms with E-state index in [9.17, 15) is 32.8 Å². The molecule has 2 aromatic rings. The Balaban J connectivity index is 0.000000211. The Morgan fingerprint density at radius 1 is 0.717 bits per heavy atom. The van der Waals surface area contributed by atoms with Gasteiger partial charge in [-0.3, -0.25) is 9.59 Å². The van der Waals surface area contributed by atoms with Gasteiger partial charge in [-0.25, -0.2) is 23.2 Å². The lowest BCUT2D eigenvalue weighted by Crippen LogP contribution is -2.48. The molecule has 2 aromatic carbocycles. The molecule has 0 aliphatic carbocycles. The fourth-order valence-corrected chi connectivity index (χ4v) is 6.79. The number of carbonyl (C=O) groups excluding carboxylic acids is 5. The van der Waals surface area contributed by atoms with Crippen molar-refractivity contribution in [3.05, 3.63) is 70.3 Å². The third-order valence-electron chi connectivity index (χ3n) is 9.41. The van der Waals surface area contributed by atoms with E-state index in [-0.39, 0.29) is 74.9 Å². The molecular weight excluding hydrogens is 694 g/mol. The van der Waals surface area contributed by atoms with Crippen LogP contribution in [0.5, 0.6) is 0 Å². The maximum Gasteiger partial charge on any atom is 0.410 e. The molecule has 0 bridgehead atoms. The van der Waals surface area contributed by atoms with Crippen LogP contribution in [0.2, 0.25) is 0 Å². The van der Waals surface area contributed by atoms with Crippen LogP contribution in [-0.4, -0.2) is 102 Å². The van der Waals surface area contributed by atoms with Gasteiger partial charge in [0.1, 0.15) is 17.2 Å². The van der Waals surface area contributed by atoms with Crippen molar-refractivity contribution in [2.45, 2.75) is 78.5 Å². The number of carbonyl (C=O) groups is 5.